The standard InChI is InChI=1S/C27H27NO5/c1-3-28-16-18(22-14-19(31-2)10-12-23(22)28)13-25-26(29)21-11-9-20(15-24(21)33-25)32-27(30)17-7-5-4-6-8-17/h9-17H,3-8H2,1-2H3/b25-13+. The van der Waals surface area contributed by atoms with Gasteiger partial charge in [-0.05, 0) is 56.2 Å². The van der Waals surface area contributed by atoms with Crippen LogP contribution in [0.3, 0.4) is 0 Å². The average molecular weight is 446 g/mol. The SMILES string of the molecule is CCn1cc(/C=C2/Oc3cc(OC(=O)C4CCCCC4)ccc3C2=O)c2cc(OC)ccc21. The molecule has 1 fully saturated rings. The molecular formula is C27H27NO5. The molecule has 0 amide bonds. The first-order chi connectivity index (χ1) is 16.1. The number of hydrogen-bond acceptors (Lipinski definition) is 5. The van der Waals surface area contributed by atoms with E-state index in [4.69, 9.17) is 14.2 Å². The molecule has 0 atom stereocenters. The van der Waals surface area contributed by atoms with Crippen LogP contribution in [0.25, 0.3) is 17.0 Å². The van der Waals surface area contributed by atoms with E-state index in [-0.39, 0.29) is 23.4 Å². The van der Waals surface area contributed by atoms with Gasteiger partial charge in [-0.15, -0.1) is 0 Å². The van der Waals surface area contributed by atoms with Crippen LogP contribution >= 0.6 is 0 Å². The van der Waals surface area contributed by atoms with Gasteiger partial charge in [0.1, 0.15) is 17.2 Å². The van der Waals surface area contributed by atoms with E-state index in [2.05, 4.69) is 11.5 Å². The molecule has 0 radical (unpaired) electrons. The van der Waals surface area contributed by atoms with Crippen molar-refractivity contribution < 1.29 is 23.8 Å². The Kier molecular flexibility index (Phi) is 5.67. The van der Waals surface area contributed by atoms with Gasteiger partial charge in [-0.1, -0.05) is 19.3 Å². The number of benzene rings is 2. The summed E-state index contributed by atoms with van der Waals surface area (Å²) in [5.74, 6) is 1.40. The number of aromatic nitrogens is 1. The van der Waals surface area contributed by atoms with Gasteiger partial charge in [0, 0.05) is 35.3 Å². The van der Waals surface area contributed by atoms with Crippen molar-refractivity contribution in [2.45, 2.75) is 45.6 Å². The molecule has 1 saturated carbocycles. The highest BCUT2D eigenvalue weighted by atomic mass is 16.5. The lowest BCUT2D eigenvalue weighted by atomic mass is 9.89. The van der Waals surface area contributed by atoms with Crippen molar-refractivity contribution in [3.05, 3.63) is 59.5 Å². The van der Waals surface area contributed by atoms with Crippen LogP contribution in [0.4, 0.5) is 0 Å². The minimum Gasteiger partial charge on any atom is -0.497 e. The van der Waals surface area contributed by atoms with Crippen LogP contribution in [0, 0.1) is 5.92 Å². The van der Waals surface area contributed by atoms with Crippen molar-refractivity contribution in [1.29, 1.82) is 0 Å². The molecule has 0 bridgehead atoms. The molecule has 3 aromatic rings. The smallest absolute Gasteiger partial charge is 0.314 e. The zero-order valence-corrected chi connectivity index (χ0v) is 18.9. The first-order valence-corrected chi connectivity index (χ1v) is 11.5. The van der Waals surface area contributed by atoms with E-state index in [1.807, 2.05) is 24.4 Å². The lowest BCUT2D eigenvalue weighted by molar-refractivity contribution is -0.139. The number of nitrogens with zero attached hydrogens (tertiary/aromatic N) is 1. The largest absolute Gasteiger partial charge is 0.497 e. The Bertz CT molecular complexity index is 1260. The Morgan fingerprint density at radius 1 is 1.12 bits per heavy atom. The maximum absolute atomic E-state index is 13.0. The number of carbonyl (C=O) groups is 2. The fourth-order valence-electron chi connectivity index (χ4n) is 4.72. The van der Waals surface area contributed by atoms with E-state index in [1.165, 1.54) is 6.42 Å². The van der Waals surface area contributed by atoms with Gasteiger partial charge in [-0.25, -0.2) is 0 Å². The van der Waals surface area contributed by atoms with Crippen LogP contribution in [-0.4, -0.2) is 23.4 Å². The van der Waals surface area contributed by atoms with E-state index in [9.17, 15) is 9.59 Å². The number of esters is 1. The second-order valence-corrected chi connectivity index (χ2v) is 8.61. The highest BCUT2D eigenvalue weighted by Gasteiger charge is 2.29. The molecular weight excluding hydrogens is 418 g/mol. The molecule has 0 unspecified atom stereocenters. The molecule has 0 spiro atoms. The summed E-state index contributed by atoms with van der Waals surface area (Å²) in [6, 6.07) is 10.9. The van der Waals surface area contributed by atoms with Crippen molar-refractivity contribution in [2.24, 2.45) is 5.92 Å². The van der Waals surface area contributed by atoms with Crippen LogP contribution in [-0.2, 0) is 11.3 Å². The molecule has 6 nitrogen and oxygen atoms in total. The third-order valence-electron chi connectivity index (χ3n) is 6.54. The predicted molar refractivity (Wildman–Crippen MR) is 126 cm³/mol. The maximum atomic E-state index is 13.0. The number of fused-ring (bicyclic) bond motifs is 2. The quantitative estimate of drug-likeness (QED) is 0.283. The predicted octanol–water partition coefficient (Wildman–Crippen LogP) is 5.77. The van der Waals surface area contributed by atoms with Gasteiger partial charge in [-0.2, -0.15) is 0 Å². The Morgan fingerprint density at radius 2 is 1.91 bits per heavy atom. The molecule has 5 rings (SSSR count). The van der Waals surface area contributed by atoms with Crippen LogP contribution in [0.2, 0.25) is 0 Å². The minimum absolute atomic E-state index is 0.0436. The van der Waals surface area contributed by atoms with E-state index in [1.54, 1.807) is 31.4 Å². The summed E-state index contributed by atoms with van der Waals surface area (Å²) in [6.45, 7) is 2.88. The molecule has 1 aliphatic carbocycles. The molecule has 2 aliphatic rings. The van der Waals surface area contributed by atoms with E-state index < -0.39 is 0 Å². The summed E-state index contributed by atoms with van der Waals surface area (Å²) in [5.41, 5.74) is 2.41. The number of hydrogen-bond donors (Lipinski definition) is 0. The third-order valence-corrected chi connectivity index (χ3v) is 6.54. The number of ketones is 1. The van der Waals surface area contributed by atoms with Gasteiger partial charge in [0.2, 0.25) is 5.78 Å². The second kappa shape index (κ2) is 8.77. The Morgan fingerprint density at radius 3 is 2.67 bits per heavy atom. The van der Waals surface area contributed by atoms with Gasteiger partial charge in [0.05, 0.1) is 18.6 Å². The molecule has 0 N–H and O–H groups in total. The van der Waals surface area contributed by atoms with E-state index in [0.717, 1.165) is 54.4 Å². The molecule has 33 heavy (non-hydrogen) atoms. The third kappa shape index (κ3) is 4.01. The topological polar surface area (TPSA) is 66.8 Å². The first kappa shape index (κ1) is 21.3. The number of ether oxygens (including phenoxy) is 3. The summed E-state index contributed by atoms with van der Waals surface area (Å²) in [4.78, 5) is 25.5. The van der Waals surface area contributed by atoms with Crippen molar-refractivity contribution in [2.75, 3.05) is 7.11 Å². The van der Waals surface area contributed by atoms with Gasteiger partial charge in [0.25, 0.3) is 0 Å². The monoisotopic (exact) mass is 445 g/mol. The molecule has 170 valence electrons. The Labute approximate surface area is 192 Å². The Hall–Kier alpha value is -3.54. The minimum atomic E-state index is -0.198. The number of methoxy groups -OCH3 is 1. The van der Waals surface area contributed by atoms with Crippen molar-refractivity contribution >= 4 is 28.7 Å². The molecule has 1 aromatic heterocycles. The molecule has 6 heteroatoms. The first-order valence-electron chi connectivity index (χ1n) is 11.5. The zero-order chi connectivity index (χ0) is 22.9. The fraction of sp³-hybridized carbons (Fsp3) is 0.333. The fourth-order valence-corrected chi connectivity index (χ4v) is 4.72. The number of carbonyl (C=O) groups excluding carboxylic acids is 2. The number of Topliss-reactive ketones (excluding diaryl/α,β-unsaturated/α-hetero) is 1. The molecule has 0 saturated heterocycles. The summed E-state index contributed by atoms with van der Waals surface area (Å²) in [7, 11) is 1.63. The number of rotatable bonds is 5. The van der Waals surface area contributed by atoms with Gasteiger partial charge in [-0.3, -0.25) is 9.59 Å². The Balaban J connectivity index is 1.41. The van der Waals surface area contributed by atoms with Crippen molar-refractivity contribution in [3.63, 3.8) is 0 Å². The van der Waals surface area contributed by atoms with Crippen molar-refractivity contribution in [1.82, 2.24) is 4.57 Å². The number of allylic oxidation sites excluding steroid dienone is 1. The molecule has 2 aromatic carbocycles. The lowest BCUT2D eigenvalue weighted by Gasteiger charge is -2.19. The summed E-state index contributed by atoms with van der Waals surface area (Å²) in [5, 5.41) is 0.984. The van der Waals surface area contributed by atoms with Crippen LogP contribution in [0.5, 0.6) is 17.2 Å². The summed E-state index contributed by atoms with van der Waals surface area (Å²) >= 11 is 0. The van der Waals surface area contributed by atoms with Gasteiger partial charge in [0.15, 0.2) is 5.76 Å². The van der Waals surface area contributed by atoms with Crippen LogP contribution < -0.4 is 14.2 Å². The second-order valence-electron chi connectivity index (χ2n) is 8.61. The van der Waals surface area contributed by atoms with Crippen molar-refractivity contribution in [3.8, 4) is 17.2 Å². The molecule has 1 aliphatic heterocycles. The normalized spacial score (nSPS) is 17.3. The number of aryl methyl sites for hydroxylation is 1. The van der Waals surface area contributed by atoms with E-state index >= 15 is 0 Å². The highest BCUT2D eigenvalue weighted by molar-refractivity contribution is 6.15. The van der Waals surface area contributed by atoms with Crippen LogP contribution in [0.1, 0.15) is 54.9 Å². The maximum Gasteiger partial charge on any atom is 0.314 e. The summed E-state index contributed by atoms with van der Waals surface area (Å²) in [6.07, 6.45) is 8.84. The van der Waals surface area contributed by atoms with E-state index in [0.29, 0.717) is 17.1 Å². The lowest BCUT2D eigenvalue weighted by Crippen LogP contribution is -2.22. The van der Waals surface area contributed by atoms with Crippen LogP contribution in [0.15, 0.2) is 48.4 Å². The van der Waals surface area contributed by atoms with Gasteiger partial charge >= 0.3 is 5.97 Å². The van der Waals surface area contributed by atoms with Gasteiger partial charge < -0.3 is 18.8 Å². The summed E-state index contributed by atoms with van der Waals surface area (Å²) < 4.78 is 19.0. The average Bonchev–Trinajstić information content (AvgIpc) is 3.36. The zero-order valence-electron chi connectivity index (χ0n) is 18.9. The molecule has 2 heterocycles. The highest BCUT2D eigenvalue weighted by Crippen LogP contribution is 2.37.